The van der Waals surface area contributed by atoms with Crippen LogP contribution in [-0.2, 0) is 0 Å². The van der Waals surface area contributed by atoms with Crippen molar-refractivity contribution >= 4 is 5.52 Å². The summed E-state index contributed by atoms with van der Waals surface area (Å²) < 4.78 is 13.9. The zero-order chi connectivity index (χ0) is 8.72. The first-order valence-corrected chi connectivity index (χ1v) is 3.39. The molecule has 0 saturated carbocycles. The van der Waals surface area contributed by atoms with Crippen molar-refractivity contribution in [1.82, 2.24) is 14.6 Å². The number of rotatable bonds is 0. The average Bonchev–Trinajstić information content (AvgIpc) is 2.33. The van der Waals surface area contributed by atoms with Gasteiger partial charge < -0.3 is 5.11 Å². The molecule has 0 bridgehead atoms. The highest BCUT2D eigenvalue weighted by Crippen LogP contribution is 2.16. The maximum absolute atomic E-state index is 12.9. The third-order valence-electron chi connectivity index (χ3n) is 1.55. The van der Waals surface area contributed by atoms with Crippen LogP contribution in [0.15, 0.2) is 12.1 Å². The Hall–Kier alpha value is -1.65. The number of aryl methyl sites for hydroxylation is 1. The number of aromatic nitrogens is 3. The van der Waals surface area contributed by atoms with Crippen LogP contribution in [0.25, 0.3) is 5.52 Å². The summed E-state index contributed by atoms with van der Waals surface area (Å²) in [6.07, 6.45) is 0. The molecule has 0 radical (unpaired) electrons. The van der Waals surface area contributed by atoms with E-state index < -0.39 is 5.95 Å². The molecule has 0 aliphatic carbocycles. The van der Waals surface area contributed by atoms with Crippen LogP contribution in [0.1, 0.15) is 5.82 Å². The van der Waals surface area contributed by atoms with E-state index in [-0.39, 0.29) is 11.4 Å². The third-order valence-corrected chi connectivity index (χ3v) is 1.55. The van der Waals surface area contributed by atoms with Crippen molar-refractivity contribution in [2.24, 2.45) is 0 Å². The first-order chi connectivity index (χ1) is 5.68. The Bertz CT molecular complexity index is 437. The minimum atomic E-state index is -0.509. The number of nitrogens with zero attached hydrogens (tertiary/aromatic N) is 3. The van der Waals surface area contributed by atoms with E-state index in [9.17, 15) is 9.50 Å². The SMILES string of the molecule is Cc1nc(O)c2ccc(F)n2n1. The Morgan fingerprint density at radius 1 is 1.50 bits per heavy atom. The van der Waals surface area contributed by atoms with Crippen molar-refractivity contribution < 1.29 is 9.50 Å². The van der Waals surface area contributed by atoms with Crippen LogP contribution < -0.4 is 0 Å². The smallest absolute Gasteiger partial charge is 0.239 e. The molecule has 12 heavy (non-hydrogen) atoms. The van der Waals surface area contributed by atoms with Gasteiger partial charge >= 0.3 is 0 Å². The van der Waals surface area contributed by atoms with Gasteiger partial charge in [-0.25, -0.2) is 0 Å². The summed E-state index contributed by atoms with van der Waals surface area (Å²) in [5, 5.41) is 13.0. The number of halogens is 1. The van der Waals surface area contributed by atoms with Crippen molar-refractivity contribution in [2.45, 2.75) is 6.92 Å². The van der Waals surface area contributed by atoms with E-state index in [1.54, 1.807) is 6.92 Å². The van der Waals surface area contributed by atoms with Crippen molar-refractivity contribution in [3.8, 4) is 5.88 Å². The molecule has 2 aromatic rings. The lowest BCUT2D eigenvalue weighted by Gasteiger charge is -1.97. The molecule has 0 aliphatic heterocycles. The van der Waals surface area contributed by atoms with Gasteiger partial charge in [0, 0.05) is 0 Å². The van der Waals surface area contributed by atoms with E-state index in [4.69, 9.17) is 0 Å². The first kappa shape index (κ1) is 7.02. The van der Waals surface area contributed by atoms with Crippen LogP contribution in [0.3, 0.4) is 0 Å². The van der Waals surface area contributed by atoms with Gasteiger partial charge in [-0.3, -0.25) is 0 Å². The molecule has 5 heteroatoms. The molecule has 2 aromatic heterocycles. The second-order valence-corrected chi connectivity index (χ2v) is 2.44. The van der Waals surface area contributed by atoms with Gasteiger partial charge in [0.2, 0.25) is 11.8 Å². The predicted octanol–water partition coefficient (Wildman–Crippen LogP) is 0.882. The molecule has 0 spiro atoms. The molecule has 0 aromatic carbocycles. The number of fused-ring (bicyclic) bond motifs is 1. The average molecular weight is 167 g/mol. The lowest BCUT2D eigenvalue weighted by atomic mass is 10.5. The highest BCUT2D eigenvalue weighted by molar-refractivity contribution is 5.55. The van der Waals surface area contributed by atoms with Crippen LogP contribution in [0.2, 0.25) is 0 Å². The highest BCUT2D eigenvalue weighted by Gasteiger charge is 2.07. The quantitative estimate of drug-likeness (QED) is 0.633. The van der Waals surface area contributed by atoms with E-state index in [2.05, 4.69) is 10.1 Å². The molecule has 0 fully saturated rings. The van der Waals surface area contributed by atoms with Gasteiger partial charge in [0.15, 0.2) is 0 Å². The minimum absolute atomic E-state index is 0.202. The fourth-order valence-electron chi connectivity index (χ4n) is 1.05. The zero-order valence-corrected chi connectivity index (χ0v) is 6.32. The molecule has 2 heterocycles. The molecule has 0 aliphatic rings. The van der Waals surface area contributed by atoms with Crippen LogP contribution in [0.5, 0.6) is 5.88 Å². The molecule has 0 amide bonds. The van der Waals surface area contributed by atoms with Gasteiger partial charge in [-0.05, 0) is 19.1 Å². The Morgan fingerprint density at radius 2 is 2.25 bits per heavy atom. The van der Waals surface area contributed by atoms with Crippen LogP contribution in [-0.4, -0.2) is 19.7 Å². The summed E-state index contributed by atoms with van der Waals surface area (Å²) in [6.45, 7) is 1.58. The summed E-state index contributed by atoms with van der Waals surface area (Å²) in [7, 11) is 0. The number of hydrogen-bond donors (Lipinski definition) is 1. The van der Waals surface area contributed by atoms with Gasteiger partial charge in [0.25, 0.3) is 0 Å². The highest BCUT2D eigenvalue weighted by atomic mass is 19.1. The molecule has 0 unspecified atom stereocenters. The minimum Gasteiger partial charge on any atom is -0.492 e. The normalized spacial score (nSPS) is 10.8. The monoisotopic (exact) mass is 167 g/mol. The van der Waals surface area contributed by atoms with Gasteiger partial charge in [-0.15, -0.1) is 0 Å². The summed E-state index contributed by atoms with van der Waals surface area (Å²) in [6, 6.07) is 2.65. The van der Waals surface area contributed by atoms with Crippen LogP contribution >= 0.6 is 0 Å². The second-order valence-electron chi connectivity index (χ2n) is 2.44. The first-order valence-electron chi connectivity index (χ1n) is 3.39. The van der Waals surface area contributed by atoms with Crippen LogP contribution in [0.4, 0.5) is 4.39 Å². The largest absolute Gasteiger partial charge is 0.492 e. The maximum atomic E-state index is 12.9. The van der Waals surface area contributed by atoms with E-state index in [1.807, 2.05) is 0 Å². The topological polar surface area (TPSA) is 50.4 Å². The van der Waals surface area contributed by atoms with E-state index in [0.717, 1.165) is 4.52 Å². The molecule has 4 nitrogen and oxygen atoms in total. The van der Waals surface area contributed by atoms with Gasteiger partial charge in [0.1, 0.15) is 11.3 Å². The Balaban J connectivity index is 2.92. The Labute approximate surface area is 67.3 Å². The molecular weight excluding hydrogens is 161 g/mol. The third kappa shape index (κ3) is 0.827. The van der Waals surface area contributed by atoms with E-state index in [0.29, 0.717) is 5.82 Å². The van der Waals surface area contributed by atoms with Gasteiger partial charge in [0.05, 0.1) is 0 Å². The summed E-state index contributed by atoms with van der Waals surface area (Å²) >= 11 is 0. The van der Waals surface area contributed by atoms with Crippen molar-refractivity contribution in [3.63, 3.8) is 0 Å². The Morgan fingerprint density at radius 3 is 3.00 bits per heavy atom. The zero-order valence-electron chi connectivity index (χ0n) is 6.32. The lowest BCUT2D eigenvalue weighted by molar-refractivity contribution is 0.446. The summed E-state index contributed by atoms with van der Waals surface area (Å²) in [5.41, 5.74) is 0.276. The van der Waals surface area contributed by atoms with E-state index >= 15 is 0 Å². The summed E-state index contributed by atoms with van der Waals surface area (Å²) in [4.78, 5) is 3.67. The van der Waals surface area contributed by atoms with Crippen molar-refractivity contribution in [3.05, 3.63) is 23.9 Å². The van der Waals surface area contributed by atoms with E-state index in [1.165, 1.54) is 12.1 Å². The molecule has 62 valence electrons. The predicted molar refractivity (Wildman–Crippen MR) is 39.3 cm³/mol. The van der Waals surface area contributed by atoms with Crippen molar-refractivity contribution in [1.29, 1.82) is 0 Å². The van der Waals surface area contributed by atoms with Gasteiger partial charge in [-0.2, -0.15) is 19.0 Å². The maximum Gasteiger partial charge on any atom is 0.239 e. The van der Waals surface area contributed by atoms with Gasteiger partial charge in [-0.1, -0.05) is 0 Å². The lowest BCUT2D eigenvalue weighted by Crippen LogP contribution is -1.99. The van der Waals surface area contributed by atoms with Crippen LogP contribution in [0, 0.1) is 12.9 Å². The van der Waals surface area contributed by atoms with Crippen molar-refractivity contribution in [2.75, 3.05) is 0 Å². The Kier molecular flexibility index (Phi) is 1.27. The molecule has 0 atom stereocenters. The fourth-order valence-corrected chi connectivity index (χ4v) is 1.05. The summed E-state index contributed by atoms with van der Waals surface area (Å²) in [5.74, 6) is -0.382. The standard InChI is InChI=1S/C7H6FN3O/c1-4-9-7(12)5-2-3-6(8)11(5)10-4/h2-3H,1H3,(H,9,10,12). The fraction of sp³-hybridized carbons (Fsp3) is 0.143. The number of hydrogen-bond acceptors (Lipinski definition) is 3. The molecule has 0 saturated heterocycles. The molecule has 2 rings (SSSR count). The molecule has 1 N–H and O–H groups in total. The number of aromatic hydroxyl groups is 1. The molecular formula is C7H6FN3O. The second kappa shape index (κ2) is 2.17.